The fourth-order valence-electron chi connectivity index (χ4n) is 3.66. The second-order valence-corrected chi connectivity index (χ2v) is 6.59. The number of hydrogen-bond donors (Lipinski definition) is 1. The number of fused-ring (bicyclic) bond motifs is 1. The van der Waals surface area contributed by atoms with Crippen molar-refractivity contribution >= 4 is 22.9 Å². The molecule has 1 unspecified atom stereocenters. The SMILES string of the molecule is Cn1c(=O)n(CC(=O)N2CCCCC2CCC(=O)O)c2ccccc21. The summed E-state index contributed by atoms with van der Waals surface area (Å²) in [6, 6.07) is 7.35. The van der Waals surface area contributed by atoms with E-state index in [2.05, 4.69) is 0 Å². The number of aryl methyl sites for hydroxylation is 1. The smallest absolute Gasteiger partial charge is 0.329 e. The van der Waals surface area contributed by atoms with Gasteiger partial charge < -0.3 is 10.0 Å². The number of rotatable bonds is 5. The van der Waals surface area contributed by atoms with Crippen molar-refractivity contribution in [2.75, 3.05) is 6.54 Å². The van der Waals surface area contributed by atoms with Gasteiger partial charge in [0.15, 0.2) is 0 Å². The van der Waals surface area contributed by atoms with E-state index in [4.69, 9.17) is 5.11 Å². The maximum absolute atomic E-state index is 12.8. The molecule has 2 aromatic rings. The van der Waals surface area contributed by atoms with Crippen molar-refractivity contribution in [1.29, 1.82) is 0 Å². The lowest BCUT2D eigenvalue weighted by Gasteiger charge is -2.35. The van der Waals surface area contributed by atoms with Gasteiger partial charge in [-0.2, -0.15) is 0 Å². The molecular weight excluding hydrogens is 322 g/mol. The van der Waals surface area contributed by atoms with Crippen LogP contribution in [0.5, 0.6) is 0 Å². The van der Waals surface area contributed by atoms with Gasteiger partial charge in [0.1, 0.15) is 6.54 Å². The predicted octanol–water partition coefficient (Wildman–Crippen LogP) is 1.59. The molecule has 1 amide bonds. The maximum atomic E-state index is 12.8. The van der Waals surface area contributed by atoms with E-state index in [1.807, 2.05) is 24.3 Å². The topological polar surface area (TPSA) is 84.5 Å². The van der Waals surface area contributed by atoms with Crippen molar-refractivity contribution in [2.24, 2.45) is 7.05 Å². The van der Waals surface area contributed by atoms with E-state index in [0.717, 1.165) is 30.3 Å². The van der Waals surface area contributed by atoms with Crippen LogP contribution in [0, 0.1) is 0 Å². The molecule has 25 heavy (non-hydrogen) atoms. The molecule has 0 bridgehead atoms. The first-order chi connectivity index (χ1) is 12.0. The van der Waals surface area contributed by atoms with Gasteiger partial charge in [-0.05, 0) is 37.8 Å². The highest BCUT2D eigenvalue weighted by molar-refractivity contribution is 5.81. The quantitative estimate of drug-likeness (QED) is 0.892. The first-order valence-corrected chi connectivity index (χ1v) is 8.64. The number of amides is 1. The number of benzene rings is 1. The molecule has 0 radical (unpaired) electrons. The summed E-state index contributed by atoms with van der Waals surface area (Å²) in [5.74, 6) is -0.961. The first kappa shape index (κ1) is 17.3. The third-order valence-corrected chi connectivity index (χ3v) is 4.98. The minimum Gasteiger partial charge on any atom is -0.481 e. The van der Waals surface area contributed by atoms with Gasteiger partial charge in [-0.3, -0.25) is 18.7 Å². The average Bonchev–Trinajstić information content (AvgIpc) is 2.85. The van der Waals surface area contributed by atoms with Crippen molar-refractivity contribution in [2.45, 2.75) is 44.7 Å². The van der Waals surface area contributed by atoms with Gasteiger partial charge in [0.2, 0.25) is 5.91 Å². The number of aliphatic carboxylic acids is 1. The van der Waals surface area contributed by atoms with Crippen LogP contribution in [0.15, 0.2) is 29.1 Å². The number of imidazole rings is 1. The normalized spacial score (nSPS) is 17.8. The third-order valence-electron chi connectivity index (χ3n) is 4.98. The van der Waals surface area contributed by atoms with Crippen LogP contribution in [0.2, 0.25) is 0 Å². The molecule has 1 aromatic carbocycles. The molecule has 1 atom stereocenters. The van der Waals surface area contributed by atoms with Gasteiger partial charge in [0.25, 0.3) is 0 Å². The Labute approximate surface area is 145 Å². The van der Waals surface area contributed by atoms with E-state index >= 15 is 0 Å². The molecule has 7 nitrogen and oxygen atoms in total. The van der Waals surface area contributed by atoms with Crippen molar-refractivity contribution in [1.82, 2.24) is 14.0 Å². The lowest BCUT2D eigenvalue weighted by Crippen LogP contribution is -2.46. The Balaban J connectivity index is 1.82. The van der Waals surface area contributed by atoms with Crippen LogP contribution in [0.1, 0.15) is 32.1 Å². The highest BCUT2D eigenvalue weighted by Crippen LogP contribution is 2.22. The molecule has 0 saturated carbocycles. The Bertz CT molecular complexity index is 852. The van der Waals surface area contributed by atoms with Crippen LogP contribution in [0.25, 0.3) is 11.0 Å². The summed E-state index contributed by atoms with van der Waals surface area (Å²) in [7, 11) is 1.70. The van der Waals surface area contributed by atoms with E-state index in [9.17, 15) is 14.4 Å². The highest BCUT2D eigenvalue weighted by atomic mass is 16.4. The second kappa shape index (κ2) is 7.13. The molecule has 1 fully saturated rings. The van der Waals surface area contributed by atoms with E-state index in [1.165, 1.54) is 4.57 Å². The Kier molecular flexibility index (Phi) is 4.92. The number of carboxylic acids is 1. The summed E-state index contributed by atoms with van der Waals surface area (Å²) in [5.41, 5.74) is 1.32. The summed E-state index contributed by atoms with van der Waals surface area (Å²) in [6.45, 7) is 0.617. The highest BCUT2D eigenvalue weighted by Gasteiger charge is 2.28. The monoisotopic (exact) mass is 345 g/mol. The maximum Gasteiger partial charge on any atom is 0.329 e. The van der Waals surface area contributed by atoms with Gasteiger partial charge >= 0.3 is 11.7 Å². The Hall–Kier alpha value is -2.57. The minimum atomic E-state index is -0.844. The molecule has 0 aliphatic carbocycles. The van der Waals surface area contributed by atoms with E-state index in [1.54, 1.807) is 16.5 Å². The van der Waals surface area contributed by atoms with Crippen LogP contribution in [0.3, 0.4) is 0 Å². The van der Waals surface area contributed by atoms with Gasteiger partial charge in [-0.15, -0.1) is 0 Å². The van der Waals surface area contributed by atoms with Crippen LogP contribution in [0.4, 0.5) is 0 Å². The Morgan fingerprint density at radius 3 is 2.64 bits per heavy atom. The number of piperidine rings is 1. The van der Waals surface area contributed by atoms with E-state index < -0.39 is 5.97 Å². The van der Waals surface area contributed by atoms with Gasteiger partial charge in [-0.25, -0.2) is 4.79 Å². The molecule has 1 aliphatic rings. The number of hydrogen-bond acceptors (Lipinski definition) is 3. The molecule has 1 N–H and O–H groups in total. The number of carbonyl (C=O) groups is 2. The number of nitrogens with zero attached hydrogens (tertiary/aromatic N) is 3. The zero-order valence-corrected chi connectivity index (χ0v) is 14.4. The Morgan fingerprint density at radius 2 is 1.92 bits per heavy atom. The van der Waals surface area contributed by atoms with Crippen LogP contribution >= 0.6 is 0 Å². The largest absolute Gasteiger partial charge is 0.481 e. The lowest BCUT2D eigenvalue weighted by molar-refractivity contribution is -0.140. The molecule has 1 saturated heterocycles. The summed E-state index contributed by atoms with van der Waals surface area (Å²) >= 11 is 0. The Morgan fingerprint density at radius 1 is 1.20 bits per heavy atom. The van der Waals surface area contributed by atoms with Gasteiger partial charge in [-0.1, -0.05) is 12.1 Å². The molecule has 134 valence electrons. The molecule has 2 heterocycles. The zero-order valence-electron chi connectivity index (χ0n) is 14.4. The fourth-order valence-corrected chi connectivity index (χ4v) is 3.66. The van der Waals surface area contributed by atoms with Crippen molar-refractivity contribution in [3.8, 4) is 0 Å². The van der Waals surface area contributed by atoms with Crippen molar-refractivity contribution in [3.63, 3.8) is 0 Å². The number of carboxylic acid groups (broad SMARTS) is 1. The number of carbonyl (C=O) groups excluding carboxylic acids is 1. The van der Waals surface area contributed by atoms with Crippen LogP contribution in [-0.2, 0) is 23.2 Å². The second-order valence-electron chi connectivity index (χ2n) is 6.59. The number of aromatic nitrogens is 2. The average molecular weight is 345 g/mol. The molecule has 0 spiro atoms. The van der Waals surface area contributed by atoms with E-state index in [-0.39, 0.29) is 30.6 Å². The van der Waals surface area contributed by atoms with Crippen molar-refractivity contribution < 1.29 is 14.7 Å². The fraction of sp³-hybridized carbons (Fsp3) is 0.500. The molecule has 7 heteroatoms. The first-order valence-electron chi connectivity index (χ1n) is 8.64. The molecule has 1 aliphatic heterocycles. The van der Waals surface area contributed by atoms with Gasteiger partial charge in [0, 0.05) is 26.1 Å². The summed E-state index contributed by atoms with van der Waals surface area (Å²) < 4.78 is 3.04. The summed E-state index contributed by atoms with van der Waals surface area (Å²) in [6.07, 6.45) is 3.26. The van der Waals surface area contributed by atoms with Crippen LogP contribution in [-0.4, -0.2) is 43.6 Å². The van der Waals surface area contributed by atoms with Gasteiger partial charge in [0.05, 0.1) is 11.0 Å². The third kappa shape index (κ3) is 3.45. The standard InChI is InChI=1S/C18H23N3O4/c1-19-14-7-2-3-8-15(14)21(18(19)25)12-16(22)20-11-5-4-6-13(20)9-10-17(23)24/h2-3,7-8,13H,4-6,9-12H2,1H3,(H,23,24). The summed E-state index contributed by atoms with van der Waals surface area (Å²) in [5, 5.41) is 8.91. The van der Waals surface area contributed by atoms with E-state index in [0.29, 0.717) is 13.0 Å². The number of para-hydroxylation sites is 2. The minimum absolute atomic E-state index is 0.0102. The van der Waals surface area contributed by atoms with Crippen LogP contribution < -0.4 is 5.69 Å². The van der Waals surface area contributed by atoms with Crippen molar-refractivity contribution in [3.05, 3.63) is 34.7 Å². The predicted molar refractivity (Wildman–Crippen MR) is 93.4 cm³/mol. The molecular formula is C18H23N3O4. The zero-order chi connectivity index (χ0) is 18.0. The molecule has 1 aromatic heterocycles. The molecule has 3 rings (SSSR count). The number of likely N-dealkylation sites (tertiary alicyclic amines) is 1. The lowest BCUT2D eigenvalue weighted by atomic mass is 9.98. The summed E-state index contributed by atoms with van der Waals surface area (Å²) in [4.78, 5) is 37.9.